The summed E-state index contributed by atoms with van der Waals surface area (Å²) in [5, 5.41) is 5.74. The molecule has 0 unspecified atom stereocenters. The molecule has 27 heavy (non-hydrogen) atoms. The van der Waals surface area contributed by atoms with Gasteiger partial charge in [-0.25, -0.2) is 0 Å². The second-order valence-corrected chi connectivity index (χ2v) is 6.87. The number of pyridine rings is 1. The van der Waals surface area contributed by atoms with Gasteiger partial charge in [0, 0.05) is 24.0 Å². The van der Waals surface area contributed by atoms with Crippen LogP contribution < -0.4 is 10.6 Å². The lowest BCUT2D eigenvalue weighted by Gasteiger charge is -2.13. The molecule has 140 valence electrons. The molecule has 2 amide bonds. The fourth-order valence-corrected chi connectivity index (χ4v) is 3.18. The molecule has 0 atom stereocenters. The van der Waals surface area contributed by atoms with Crippen LogP contribution in [0.3, 0.4) is 0 Å². The van der Waals surface area contributed by atoms with Crippen LogP contribution in [0.2, 0.25) is 0 Å². The van der Waals surface area contributed by atoms with Crippen molar-refractivity contribution in [3.05, 3.63) is 71.1 Å². The van der Waals surface area contributed by atoms with E-state index in [1.165, 1.54) is 30.7 Å². The molecule has 0 saturated heterocycles. The van der Waals surface area contributed by atoms with E-state index in [0.717, 1.165) is 24.8 Å². The number of nitrogens with one attached hydrogen (secondary N) is 2. The van der Waals surface area contributed by atoms with Crippen molar-refractivity contribution in [1.29, 1.82) is 0 Å². The summed E-state index contributed by atoms with van der Waals surface area (Å²) in [6.45, 7) is 2.57. The smallest absolute Gasteiger partial charge is 0.274 e. The topological polar surface area (TPSA) is 71.1 Å². The Hall–Kier alpha value is -2.95. The average molecular weight is 363 g/mol. The van der Waals surface area contributed by atoms with Crippen molar-refractivity contribution >= 4 is 17.5 Å². The van der Waals surface area contributed by atoms with Crippen molar-refractivity contribution in [2.75, 3.05) is 11.9 Å². The van der Waals surface area contributed by atoms with Gasteiger partial charge in [0.1, 0.15) is 5.69 Å². The fourth-order valence-electron chi connectivity index (χ4n) is 3.18. The van der Waals surface area contributed by atoms with Gasteiger partial charge in [-0.15, -0.1) is 0 Å². The van der Waals surface area contributed by atoms with Gasteiger partial charge < -0.3 is 10.6 Å². The number of aryl methyl sites for hydroxylation is 1. The van der Waals surface area contributed by atoms with Gasteiger partial charge in [-0.3, -0.25) is 14.6 Å². The Morgan fingerprint density at radius 1 is 1.11 bits per heavy atom. The van der Waals surface area contributed by atoms with Crippen LogP contribution in [-0.4, -0.2) is 23.3 Å². The average Bonchev–Trinajstić information content (AvgIpc) is 2.69. The van der Waals surface area contributed by atoms with Crippen molar-refractivity contribution in [3.8, 4) is 0 Å². The van der Waals surface area contributed by atoms with Crippen LogP contribution in [-0.2, 0) is 0 Å². The number of carbonyl (C=O) groups excluding carboxylic acids is 2. The van der Waals surface area contributed by atoms with E-state index in [4.69, 9.17) is 0 Å². The van der Waals surface area contributed by atoms with E-state index in [2.05, 4.69) is 21.7 Å². The third-order valence-electron chi connectivity index (χ3n) is 4.65. The third kappa shape index (κ3) is 5.51. The number of nitrogens with zero attached hydrogens (tertiary/aromatic N) is 1. The first-order chi connectivity index (χ1) is 13.1. The van der Waals surface area contributed by atoms with Crippen LogP contribution in [0.15, 0.2) is 54.2 Å². The van der Waals surface area contributed by atoms with Gasteiger partial charge in [-0.2, -0.15) is 0 Å². The molecule has 0 spiro atoms. The maximum atomic E-state index is 12.4. The second-order valence-electron chi connectivity index (χ2n) is 6.87. The lowest BCUT2D eigenvalue weighted by atomic mass is 9.97. The molecule has 2 N–H and O–H groups in total. The van der Waals surface area contributed by atoms with E-state index in [9.17, 15) is 9.59 Å². The van der Waals surface area contributed by atoms with E-state index in [0.29, 0.717) is 17.8 Å². The van der Waals surface area contributed by atoms with Crippen LogP contribution in [0.1, 0.15) is 58.5 Å². The molecule has 0 radical (unpaired) electrons. The first-order valence-electron chi connectivity index (χ1n) is 9.42. The Labute approximate surface area is 159 Å². The molecule has 3 rings (SSSR count). The molecular weight excluding hydrogens is 338 g/mol. The van der Waals surface area contributed by atoms with E-state index < -0.39 is 0 Å². The quantitative estimate of drug-likeness (QED) is 0.753. The fraction of sp³-hybridized carbons (Fsp3) is 0.318. The van der Waals surface area contributed by atoms with Crippen LogP contribution in [0, 0.1) is 6.92 Å². The van der Waals surface area contributed by atoms with Crippen molar-refractivity contribution in [2.24, 2.45) is 0 Å². The maximum Gasteiger partial charge on any atom is 0.274 e. The van der Waals surface area contributed by atoms with E-state index in [1.807, 2.05) is 31.2 Å². The first kappa shape index (κ1) is 18.8. The molecule has 0 bridgehead atoms. The van der Waals surface area contributed by atoms with Crippen LogP contribution in [0.4, 0.5) is 5.69 Å². The summed E-state index contributed by atoms with van der Waals surface area (Å²) in [5.41, 5.74) is 3.85. The summed E-state index contributed by atoms with van der Waals surface area (Å²) in [5.74, 6) is -0.513. The van der Waals surface area contributed by atoms with Crippen LogP contribution in [0.5, 0.6) is 0 Å². The third-order valence-corrected chi connectivity index (χ3v) is 4.65. The molecule has 5 nitrogen and oxygen atoms in total. The van der Waals surface area contributed by atoms with E-state index in [1.54, 1.807) is 6.07 Å². The summed E-state index contributed by atoms with van der Waals surface area (Å²) in [7, 11) is 0. The Morgan fingerprint density at radius 3 is 2.78 bits per heavy atom. The minimum atomic E-state index is -0.331. The lowest BCUT2D eigenvalue weighted by Crippen LogP contribution is -2.25. The monoisotopic (exact) mass is 363 g/mol. The SMILES string of the molecule is Cc1cccc(NC(=O)c2cc(C(=O)NCCC3=CCCCC3)ccn2)c1. The van der Waals surface area contributed by atoms with E-state index in [-0.39, 0.29) is 17.5 Å². The number of hydrogen-bond acceptors (Lipinski definition) is 3. The van der Waals surface area contributed by atoms with Gasteiger partial charge >= 0.3 is 0 Å². The summed E-state index contributed by atoms with van der Waals surface area (Å²) < 4.78 is 0. The Morgan fingerprint density at radius 2 is 2.00 bits per heavy atom. The van der Waals surface area contributed by atoms with Crippen LogP contribution in [0.25, 0.3) is 0 Å². The number of benzene rings is 1. The number of carbonyl (C=O) groups is 2. The predicted molar refractivity (Wildman–Crippen MR) is 107 cm³/mol. The molecule has 1 heterocycles. The summed E-state index contributed by atoms with van der Waals surface area (Å²) >= 11 is 0. The first-order valence-corrected chi connectivity index (χ1v) is 9.42. The van der Waals surface area contributed by atoms with Gasteiger partial charge in [0.05, 0.1) is 0 Å². The number of amides is 2. The summed E-state index contributed by atoms with van der Waals surface area (Å²) in [6, 6.07) is 10.7. The highest BCUT2D eigenvalue weighted by Crippen LogP contribution is 2.19. The van der Waals surface area contributed by atoms with Gasteiger partial charge in [-0.1, -0.05) is 23.8 Å². The summed E-state index contributed by atoms with van der Waals surface area (Å²) in [6.07, 6.45) is 9.45. The Balaban J connectivity index is 1.58. The molecule has 0 aliphatic heterocycles. The molecule has 2 aromatic rings. The molecular formula is C22H25N3O2. The van der Waals surface area contributed by atoms with Gasteiger partial charge in [0.25, 0.3) is 11.8 Å². The largest absolute Gasteiger partial charge is 0.352 e. The zero-order chi connectivity index (χ0) is 19.1. The minimum absolute atomic E-state index is 0.182. The zero-order valence-corrected chi connectivity index (χ0v) is 15.6. The lowest BCUT2D eigenvalue weighted by molar-refractivity contribution is 0.0954. The van der Waals surface area contributed by atoms with E-state index >= 15 is 0 Å². The number of hydrogen-bond donors (Lipinski definition) is 2. The van der Waals surface area contributed by atoms with Crippen molar-refractivity contribution in [2.45, 2.75) is 39.0 Å². The van der Waals surface area contributed by atoms with Crippen molar-refractivity contribution < 1.29 is 9.59 Å². The highest BCUT2D eigenvalue weighted by atomic mass is 16.2. The standard InChI is InChI=1S/C22H25N3O2/c1-16-6-5-9-19(14-16)25-22(27)20-15-18(11-13-23-20)21(26)24-12-10-17-7-3-2-4-8-17/h5-7,9,11,13-15H,2-4,8,10,12H2,1H3,(H,24,26)(H,25,27). The highest BCUT2D eigenvalue weighted by molar-refractivity contribution is 6.04. The molecule has 1 aromatic carbocycles. The molecule has 1 aromatic heterocycles. The van der Waals surface area contributed by atoms with Crippen molar-refractivity contribution in [1.82, 2.24) is 10.3 Å². The minimum Gasteiger partial charge on any atom is -0.352 e. The number of allylic oxidation sites excluding steroid dienone is 1. The Kier molecular flexibility index (Phi) is 6.36. The normalized spacial score (nSPS) is 13.6. The second kappa shape index (κ2) is 9.12. The molecule has 0 fully saturated rings. The molecule has 1 aliphatic rings. The maximum absolute atomic E-state index is 12.4. The highest BCUT2D eigenvalue weighted by Gasteiger charge is 2.12. The number of anilines is 1. The molecule has 0 saturated carbocycles. The van der Waals surface area contributed by atoms with Crippen LogP contribution >= 0.6 is 0 Å². The summed E-state index contributed by atoms with van der Waals surface area (Å²) in [4.78, 5) is 28.9. The van der Waals surface area contributed by atoms with Gasteiger partial charge in [0.2, 0.25) is 0 Å². The molecule has 5 heteroatoms. The zero-order valence-electron chi connectivity index (χ0n) is 15.6. The van der Waals surface area contributed by atoms with Gasteiger partial charge in [-0.05, 0) is 68.9 Å². The Bertz CT molecular complexity index is 858. The number of aromatic nitrogens is 1. The molecule has 1 aliphatic carbocycles. The number of rotatable bonds is 6. The van der Waals surface area contributed by atoms with Gasteiger partial charge in [0.15, 0.2) is 0 Å². The van der Waals surface area contributed by atoms with Crippen molar-refractivity contribution in [3.63, 3.8) is 0 Å². The predicted octanol–water partition coefficient (Wildman–Crippen LogP) is 4.26.